The lowest BCUT2D eigenvalue weighted by molar-refractivity contribution is 1.03. The van der Waals surface area contributed by atoms with Crippen molar-refractivity contribution in [3.8, 4) is 0 Å². The Morgan fingerprint density at radius 1 is 1.26 bits per heavy atom. The van der Waals surface area contributed by atoms with Gasteiger partial charge in [0.15, 0.2) is 0 Å². The molecular formula is C17H15ClN4O. The summed E-state index contributed by atoms with van der Waals surface area (Å²) in [7, 11) is 1.73. The molecule has 116 valence electrons. The van der Waals surface area contributed by atoms with Gasteiger partial charge in [0.1, 0.15) is 17.0 Å². The van der Waals surface area contributed by atoms with Crippen LogP contribution in [-0.2, 0) is 0 Å². The predicted molar refractivity (Wildman–Crippen MR) is 94.5 cm³/mol. The summed E-state index contributed by atoms with van der Waals surface area (Å²) in [5.74, 6) is 0.502. The lowest BCUT2D eigenvalue weighted by Crippen LogP contribution is -2.22. The number of rotatable bonds is 3. The molecule has 0 aliphatic carbocycles. The fourth-order valence-electron chi connectivity index (χ4n) is 2.28. The van der Waals surface area contributed by atoms with Crippen LogP contribution in [0.2, 0.25) is 5.02 Å². The molecule has 3 aromatic rings. The van der Waals surface area contributed by atoms with E-state index in [1.807, 2.05) is 19.1 Å². The summed E-state index contributed by atoms with van der Waals surface area (Å²) >= 11 is 5.86. The Kier molecular flexibility index (Phi) is 4.12. The Morgan fingerprint density at radius 2 is 2.00 bits per heavy atom. The molecule has 0 saturated carbocycles. The van der Waals surface area contributed by atoms with Crippen molar-refractivity contribution in [1.82, 2.24) is 9.38 Å². The van der Waals surface area contributed by atoms with Crippen molar-refractivity contribution in [2.75, 3.05) is 12.4 Å². The number of hydrogen-bond donors (Lipinski definition) is 1. The highest BCUT2D eigenvalue weighted by Crippen LogP contribution is 2.17. The highest BCUT2D eigenvalue weighted by Gasteiger charge is 2.11. The van der Waals surface area contributed by atoms with Crippen LogP contribution in [0.3, 0.4) is 0 Å². The number of aliphatic imine (C=N–C) groups is 1. The third-order valence-corrected chi connectivity index (χ3v) is 3.74. The molecule has 0 bridgehead atoms. The largest absolute Gasteiger partial charge is 0.372 e. The van der Waals surface area contributed by atoms with Crippen LogP contribution in [0.5, 0.6) is 0 Å². The first-order chi connectivity index (χ1) is 11.1. The molecule has 0 fully saturated rings. The van der Waals surface area contributed by atoms with Crippen LogP contribution in [0.25, 0.3) is 5.65 Å². The van der Waals surface area contributed by atoms with Crippen LogP contribution < -0.4 is 10.9 Å². The number of fused-ring (bicyclic) bond motifs is 1. The van der Waals surface area contributed by atoms with E-state index in [1.165, 1.54) is 10.6 Å². The van der Waals surface area contributed by atoms with Gasteiger partial charge in [-0.25, -0.2) is 4.98 Å². The lowest BCUT2D eigenvalue weighted by Gasteiger charge is -2.08. The maximum Gasteiger partial charge on any atom is 0.268 e. The quantitative estimate of drug-likeness (QED) is 0.750. The topological polar surface area (TPSA) is 58.8 Å². The van der Waals surface area contributed by atoms with Crippen LogP contribution in [0, 0.1) is 6.92 Å². The summed E-state index contributed by atoms with van der Waals surface area (Å²) < 4.78 is 1.53. The van der Waals surface area contributed by atoms with Crippen molar-refractivity contribution in [2.24, 2.45) is 4.99 Å². The zero-order valence-electron chi connectivity index (χ0n) is 12.7. The Morgan fingerprint density at radius 3 is 2.70 bits per heavy atom. The Labute approximate surface area is 138 Å². The first kappa shape index (κ1) is 15.2. The zero-order valence-corrected chi connectivity index (χ0v) is 13.5. The second-order valence-corrected chi connectivity index (χ2v) is 5.49. The maximum atomic E-state index is 12.7. The fourth-order valence-corrected chi connectivity index (χ4v) is 2.41. The van der Waals surface area contributed by atoms with Gasteiger partial charge in [-0.05, 0) is 42.8 Å². The van der Waals surface area contributed by atoms with Crippen molar-refractivity contribution < 1.29 is 0 Å². The summed E-state index contributed by atoms with van der Waals surface area (Å²) in [5.41, 5.74) is 2.52. The molecule has 23 heavy (non-hydrogen) atoms. The molecule has 0 atom stereocenters. The normalized spacial score (nSPS) is 11.3. The highest BCUT2D eigenvalue weighted by atomic mass is 35.5. The molecule has 0 radical (unpaired) electrons. The summed E-state index contributed by atoms with van der Waals surface area (Å²) in [6.45, 7) is 1.92. The molecule has 0 saturated heterocycles. The minimum Gasteiger partial charge on any atom is -0.372 e. The van der Waals surface area contributed by atoms with Gasteiger partial charge in [-0.2, -0.15) is 0 Å². The monoisotopic (exact) mass is 326 g/mol. The number of hydrogen-bond acceptors (Lipinski definition) is 4. The van der Waals surface area contributed by atoms with E-state index in [1.54, 1.807) is 37.5 Å². The van der Waals surface area contributed by atoms with E-state index in [0.29, 0.717) is 27.7 Å². The molecule has 0 aliphatic heterocycles. The van der Waals surface area contributed by atoms with Crippen molar-refractivity contribution in [2.45, 2.75) is 6.92 Å². The Bertz CT molecular complexity index is 945. The number of nitrogens with zero attached hydrogens (tertiary/aromatic N) is 3. The predicted octanol–water partition coefficient (Wildman–Crippen LogP) is 3.45. The Balaban J connectivity index is 2.15. The third kappa shape index (κ3) is 2.96. The first-order valence-electron chi connectivity index (χ1n) is 7.09. The molecule has 1 aromatic carbocycles. The van der Waals surface area contributed by atoms with E-state index < -0.39 is 0 Å². The molecule has 6 heteroatoms. The van der Waals surface area contributed by atoms with E-state index >= 15 is 0 Å². The van der Waals surface area contributed by atoms with E-state index in [0.717, 1.165) is 5.56 Å². The molecule has 0 unspecified atom stereocenters. The van der Waals surface area contributed by atoms with Crippen LogP contribution in [-0.4, -0.2) is 22.6 Å². The third-order valence-electron chi connectivity index (χ3n) is 3.49. The first-order valence-corrected chi connectivity index (χ1v) is 7.47. The summed E-state index contributed by atoms with van der Waals surface area (Å²) in [4.78, 5) is 21.6. The van der Waals surface area contributed by atoms with Gasteiger partial charge in [0.05, 0.1) is 5.69 Å². The maximum absolute atomic E-state index is 12.7. The second kappa shape index (κ2) is 6.22. The lowest BCUT2D eigenvalue weighted by atomic mass is 10.2. The number of anilines is 1. The van der Waals surface area contributed by atoms with Crippen molar-refractivity contribution in [1.29, 1.82) is 0 Å². The van der Waals surface area contributed by atoms with E-state index in [2.05, 4.69) is 15.3 Å². The second-order valence-electron chi connectivity index (χ2n) is 5.05. The molecule has 0 amide bonds. The zero-order chi connectivity index (χ0) is 16.4. The van der Waals surface area contributed by atoms with Gasteiger partial charge in [0.25, 0.3) is 5.56 Å². The van der Waals surface area contributed by atoms with Crippen LogP contribution >= 0.6 is 11.6 Å². The van der Waals surface area contributed by atoms with Gasteiger partial charge < -0.3 is 5.32 Å². The number of benzene rings is 1. The van der Waals surface area contributed by atoms with Crippen LogP contribution in [0.1, 0.15) is 11.1 Å². The van der Waals surface area contributed by atoms with E-state index in [9.17, 15) is 4.79 Å². The van der Waals surface area contributed by atoms with Gasteiger partial charge in [-0.15, -0.1) is 0 Å². The SMILES string of the molecule is CNc1nc2c(C)cccn2c(=O)c1C=Nc1ccc(Cl)cc1. The average molecular weight is 327 g/mol. The molecule has 3 rings (SSSR count). The van der Waals surface area contributed by atoms with Crippen molar-refractivity contribution >= 4 is 35.0 Å². The van der Waals surface area contributed by atoms with Gasteiger partial charge in [0.2, 0.25) is 0 Å². The minimum absolute atomic E-state index is 0.166. The van der Waals surface area contributed by atoms with Crippen molar-refractivity contribution in [3.05, 3.63) is 69.1 Å². The molecule has 0 aliphatic rings. The Hall–Kier alpha value is -2.66. The standard InChI is InChI=1S/C17H15ClN4O/c1-11-4-3-9-22-16(11)21-15(19-2)14(17(22)23)10-20-13-7-5-12(18)6-8-13/h3-10,19H,1-2H3. The number of nitrogens with one attached hydrogen (secondary N) is 1. The van der Waals surface area contributed by atoms with E-state index in [4.69, 9.17) is 11.6 Å². The molecule has 0 spiro atoms. The number of aryl methyl sites for hydroxylation is 1. The molecule has 5 nitrogen and oxygen atoms in total. The van der Waals surface area contributed by atoms with Crippen LogP contribution in [0.15, 0.2) is 52.4 Å². The summed E-state index contributed by atoms with van der Waals surface area (Å²) in [6.07, 6.45) is 3.23. The fraction of sp³-hybridized carbons (Fsp3) is 0.118. The van der Waals surface area contributed by atoms with Gasteiger partial charge in [-0.1, -0.05) is 17.7 Å². The molecular weight excluding hydrogens is 312 g/mol. The molecule has 2 aromatic heterocycles. The van der Waals surface area contributed by atoms with Crippen molar-refractivity contribution in [3.63, 3.8) is 0 Å². The number of pyridine rings is 1. The highest BCUT2D eigenvalue weighted by molar-refractivity contribution is 6.30. The summed E-state index contributed by atoms with van der Waals surface area (Å²) in [5, 5.41) is 3.61. The molecule has 1 N–H and O–H groups in total. The van der Waals surface area contributed by atoms with Crippen LogP contribution in [0.4, 0.5) is 11.5 Å². The number of halogens is 1. The average Bonchev–Trinajstić information content (AvgIpc) is 2.56. The van der Waals surface area contributed by atoms with Gasteiger partial charge in [-0.3, -0.25) is 14.2 Å². The van der Waals surface area contributed by atoms with Gasteiger partial charge >= 0.3 is 0 Å². The minimum atomic E-state index is -0.166. The number of aromatic nitrogens is 2. The van der Waals surface area contributed by atoms with E-state index in [-0.39, 0.29) is 5.56 Å². The van der Waals surface area contributed by atoms with Gasteiger partial charge in [0, 0.05) is 24.5 Å². The smallest absolute Gasteiger partial charge is 0.268 e. The molecule has 2 heterocycles. The summed E-state index contributed by atoms with van der Waals surface area (Å²) in [6, 6.07) is 10.8.